The van der Waals surface area contributed by atoms with Crippen molar-refractivity contribution in [2.24, 2.45) is 0 Å². The van der Waals surface area contributed by atoms with E-state index in [1.54, 1.807) is 82.6 Å². The second-order valence-corrected chi connectivity index (χ2v) is 26.7. The summed E-state index contributed by atoms with van der Waals surface area (Å²) in [6.45, 7) is 2.49. The van der Waals surface area contributed by atoms with Crippen LogP contribution in [0.25, 0.3) is 32.7 Å². The number of halogens is 2. The number of aromatic amines is 3. The zero-order valence-electron chi connectivity index (χ0n) is 61.2. The third kappa shape index (κ3) is 22.0. The van der Waals surface area contributed by atoms with Crippen molar-refractivity contribution in [1.82, 2.24) is 86.5 Å². The molecular weight excluding hydrogens is 1450 g/mol. The summed E-state index contributed by atoms with van der Waals surface area (Å²) in [6.07, 6.45) is 2.50. The SMILES string of the molecule is Nc1nc(=O)c2nc(CNc3ccc(C(=O)N[C@@H](CCC(=O)NCCOCCNC(=O)CCCC(=O)N4CCN(C(=O)c5cc(Cc6n[nH]c(=O)c7ccccc67)ccc5F)CC4)C(=O)NCCOCCNC(=O)CCCC(=O)N4CCN(C(=O)c5cc(Cc6n[nH]c(=O)c7ccccc67)ccc5F)CC4)cc3)cnc2[nH]1. The average Bonchev–Trinajstić information content (AvgIpc) is 0.795. The van der Waals surface area contributed by atoms with Gasteiger partial charge in [-0.3, -0.25) is 57.5 Å². The number of nitrogen functional groups attached to an aromatic ring is 1. The molecule has 586 valence electrons. The number of benzene rings is 5. The number of nitrogens with one attached hydrogen (secondary N) is 9. The number of carbonyl (C=O) groups excluding carboxylic acids is 9. The molecule has 4 aromatic heterocycles. The van der Waals surface area contributed by atoms with E-state index in [2.05, 4.69) is 72.2 Å². The summed E-state index contributed by atoms with van der Waals surface area (Å²) in [5, 5.41) is 32.4. The Balaban J connectivity index is 0.554. The highest BCUT2D eigenvalue weighted by atomic mass is 19.1. The maximum atomic E-state index is 15.1. The molecule has 11 rings (SSSR count). The topological polar surface area (TPSA) is 446 Å². The Bertz CT molecular complexity index is 5130. The van der Waals surface area contributed by atoms with Crippen molar-refractivity contribution < 1.29 is 61.4 Å². The molecule has 2 fully saturated rings. The van der Waals surface area contributed by atoms with Crippen LogP contribution in [-0.4, -0.2) is 224 Å². The lowest BCUT2D eigenvalue weighted by atomic mass is 10.0. The van der Waals surface area contributed by atoms with Crippen LogP contribution in [0.5, 0.6) is 0 Å². The number of nitrogens with zero attached hydrogens (tertiary/aromatic N) is 9. The zero-order valence-corrected chi connectivity index (χ0v) is 61.2. The van der Waals surface area contributed by atoms with Gasteiger partial charge in [-0.05, 0) is 91.1 Å². The first-order valence-electron chi connectivity index (χ1n) is 36.7. The molecule has 0 bridgehead atoms. The Kier molecular flexibility index (Phi) is 28.0. The van der Waals surface area contributed by atoms with Gasteiger partial charge in [-0.25, -0.2) is 28.9 Å². The lowest BCUT2D eigenvalue weighted by Gasteiger charge is -2.35. The van der Waals surface area contributed by atoms with Gasteiger partial charge in [0.15, 0.2) is 11.2 Å². The number of H-pyrrole nitrogens is 3. The minimum atomic E-state index is -1.18. The van der Waals surface area contributed by atoms with Crippen molar-refractivity contribution in [3.8, 4) is 0 Å². The van der Waals surface area contributed by atoms with Crippen LogP contribution in [0.15, 0.2) is 130 Å². The summed E-state index contributed by atoms with van der Waals surface area (Å²) in [5.41, 5.74) is 7.86. The quantitative estimate of drug-likeness (QED) is 0.0255. The molecular formula is C77H85F2N19O14. The molecule has 1 atom stereocenters. The Hall–Kier alpha value is -12.8. The molecule has 2 aliphatic rings. The summed E-state index contributed by atoms with van der Waals surface area (Å²) >= 11 is 0. The largest absolute Gasteiger partial charge is 0.379 e. The van der Waals surface area contributed by atoms with Gasteiger partial charge in [0.2, 0.25) is 41.4 Å². The van der Waals surface area contributed by atoms with E-state index in [0.29, 0.717) is 55.4 Å². The number of piperazine rings is 2. The lowest BCUT2D eigenvalue weighted by Crippen LogP contribution is -2.50. The van der Waals surface area contributed by atoms with Crippen LogP contribution in [0, 0.1) is 11.6 Å². The minimum absolute atomic E-state index is 0.00186. The van der Waals surface area contributed by atoms with E-state index in [1.807, 2.05) is 0 Å². The van der Waals surface area contributed by atoms with E-state index >= 15 is 8.78 Å². The van der Waals surface area contributed by atoms with Crippen LogP contribution in [0.2, 0.25) is 0 Å². The van der Waals surface area contributed by atoms with Crippen molar-refractivity contribution in [2.45, 2.75) is 76.8 Å². The summed E-state index contributed by atoms with van der Waals surface area (Å²) in [6, 6.07) is 27.7. The standard InChI is InChI=1S/C77H85F2N19O14/c78-58-21-15-47(43-61-52-7-1-3-9-54(52)71(105)93-91-61)41-56(58)75(109)97-33-29-95(30-34-97)66(102)13-5-11-63(99)81-25-37-111-39-27-83-65(101)24-23-60(88-70(104)49-17-19-50(20-18-49)85-45-51-46-86-69-68(87-51)74(108)90-77(80)89-69)73(107)84-28-40-112-38-26-82-64(100)12-6-14-67(103)96-31-35-98(36-32-96)76(110)57-42-48(16-22-59(57)79)44-62-53-8-2-4-10-55(53)72(106)94-92-62/h1-4,7-10,15-22,41-42,46,60,85H,5-6,11-14,23-40,43-45H2,(H,81,99)(H,82,100)(H,83,101)(H,84,107)(H,88,104)(H,93,105)(H,94,106)(H3,80,86,89,90,108)/t60-/m0/s1. The highest BCUT2D eigenvalue weighted by Crippen LogP contribution is 2.24. The highest BCUT2D eigenvalue weighted by molar-refractivity contribution is 5.99. The third-order valence-electron chi connectivity index (χ3n) is 18.9. The third-order valence-corrected chi connectivity index (χ3v) is 18.9. The Morgan fingerprint density at radius 2 is 0.982 bits per heavy atom. The lowest BCUT2D eigenvalue weighted by molar-refractivity contribution is -0.133. The molecule has 9 aromatic rings. The molecule has 2 saturated heterocycles. The number of amides is 9. The minimum Gasteiger partial charge on any atom is -0.379 e. The number of hydrogen-bond donors (Lipinski definition) is 10. The van der Waals surface area contributed by atoms with Crippen LogP contribution in [-0.2, 0) is 57.6 Å². The maximum absolute atomic E-state index is 15.1. The van der Waals surface area contributed by atoms with Gasteiger partial charge in [-0.2, -0.15) is 15.2 Å². The molecule has 33 nitrogen and oxygen atoms in total. The van der Waals surface area contributed by atoms with Gasteiger partial charge in [0.1, 0.15) is 17.7 Å². The van der Waals surface area contributed by atoms with Gasteiger partial charge >= 0.3 is 5.56 Å². The molecule has 35 heteroatoms. The molecule has 5 aromatic carbocycles. The fourth-order valence-electron chi connectivity index (χ4n) is 12.9. The fraction of sp³-hybridized carbons (Fsp3) is 0.364. The molecule has 6 heterocycles. The van der Waals surface area contributed by atoms with Crippen LogP contribution in [0.1, 0.15) is 111 Å². The number of ether oxygens (including phenoxy) is 2. The summed E-state index contributed by atoms with van der Waals surface area (Å²) in [5.74, 6) is -5.12. The van der Waals surface area contributed by atoms with Crippen molar-refractivity contribution in [2.75, 3.05) is 116 Å². The van der Waals surface area contributed by atoms with Crippen molar-refractivity contribution in [3.63, 3.8) is 0 Å². The summed E-state index contributed by atoms with van der Waals surface area (Å²) < 4.78 is 41.4. The number of aromatic nitrogens is 8. The second kappa shape index (κ2) is 39.0. The number of rotatable bonds is 35. The molecule has 0 aliphatic carbocycles. The predicted molar refractivity (Wildman–Crippen MR) is 406 cm³/mol. The monoisotopic (exact) mass is 1540 g/mol. The number of hydrogen-bond acceptors (Lipinski definition) is 21. The van der Waals surface area contributed by atoms with Crippen molar-refractivity contribution >= 4 is 97.5 Å². The highest BCUT2D eigenvalue weighted by Gasteiger charge is 2.30. The smallest absolute Gasteiger partial charge is 0.302 e. The maximum Gasteiger partial charge on any atom is 0.302 e. The first-order chi connectivity index (χ1) is 54.2. The first-order valence-corrected chi connectivity index (χ1v) is 36.7. The van der Waals surface area contributed by atoms with Gasteiger partial charge in [0, 0.05) is 146 Å². The molecule has 2 aliphatic heterocycles. The van der Waals surface area contributed by atoms with E-state index < -0.39 is 52.8 Å². The van der Waals surface area contributed by atoms with E-state index in [4.69, 9.17) is 15.2 Å². The van der Waals surface area contributed by atoms with Gasteiger partial charge < -0.3 is 71.7 Å². The van der Waals surface area contributed by atoms with Crippen LogP contribution < -0.4 is 54.3 Å². The number of nitrogens with two attached hydrogens (primary N) is 1. The average molecular weight is 1540 g/mol. The molecule has 112 heavy (non-hydrogen) atoms. The second-order valence-electron chi connectivity index (χ2n) is 26.7. The molecule has 0 saturated carbocycles. The van der Waals surface area contributed by atoms with Crippen molar-refractivity contribution in [1.29, 1.82) is 0 Å². The normalized spacial score (nSPS) is 13.2. The van der Waals surface area contributed by atoms with Crippen LogP contribution in [0.3, 0.4) is 0 Å². The van der Waals surface area contributed by atoms with Gasteiger partial charge in [0.25, 0.3) is 28.8 Å². The number of anilines is 2. The molecule has 0 radical (unpaired) electrons. The zero-order chi connectivity index (χ0) is 79.0. The fourth-order valence-corrected chi connectivity index (χ4v) is 12.9. The molecule has 11 N–H and O–H groups in total. The van der Waals surface area contributed by atoms with E-state index in [-0.39, 0.29) is 244 Å². The van der Waals surface area contributed by atoms with E-state index in [9.17, 15) is 57.5 Å². The van der Waals surface area contributed by atoms with E-state index in [0.717, 1.165) is 0 Å². The van der Waals surface area contributed by atoms with Gasteiger partial charge in [-0.1, -0.05) is 48.5 Å². The summed E-state index contributed by atoms with van der Waals surface area (Å²) in [4.78, 5) is 177. The summed E-state index contributed by atoms with van der Waals surface area (Å²) in [7, 11) is 0. The predicted octanol–water partition coefficient (Wildman–Crippen LogP) is 2.53. The van der Waals surface area contributed by atoms with E-state index in [1.165, 1.54) is 52.4 Å². The number of carbonyl (C=O) groups is 9. The molecule has 0 unspecified atom stereocenters. The Morgan fingerprint density at radius 1 is 0.527 bits per heavy atom. The van der Waals surface area contributed by atoms with Crippen LogP contribution in [0.4, 0.5) is 20.4 Å². The number of fused-ring (bicyclic) bond motifs is 3. The Morgan fingerprint density at radius 3 is 1.47 bits per heavy atom. The Labute approximate surface area is 638 Å². The van der Waals surface area contributed by atoms with Gasteiger partial charge in [-0.15, -0.1) is 0 Å². The van der Waals surface area contributed by atoms with Gasteiger partial charge in [0.05, 0.1) is 78.2 Å². The van der Waals surface area contributed by atoms with Crippen LogP contribution >= 0.6 is 0 Å². The molecule has 0 spiro atoms. The van der Waals surface area contributed by atoms with Crippen molar-refractivity contribution in [3.05, 3.63) is 203 Å². The first kappa shape index (κ1) is 80.2. The molecule has 9 amide bonds.